The van der Waals surface area contributed by atoms with Crippen molar-refractivity contribution in [2.75, 3.05) is 12.4 Å². The minimum Gasteiger partial charge on any atom is -0.465 e. The summed E-state index contributed by atoms with van der Waals surface area (Å²) in [6.45, 7) is 5.31. The highest BCUT2D eigenvalue weighted by Crippen LogP contribution is 2.21. The van der Waals surface area contributed by atoms with E-state index in [1.54, 1.807) is 13.8 Å². The van der Waals surface area contributed by atoms with Crippen LogP contribution in [0, 0.1) is 28.1 Å². The first-order valence-electron chi connectivity index (χ1n) is 5.89. The molecule has 0 amide bonds. The zero-order valence-corrected chi connectivity index (χ0v) is 12.2. The summed E-state index contributed by atoms with van der Waals surface area (Å²) in [4.78, 5) is 11.6. The lowest BCUT2D eigenvalue weighted by atomic mass is 9.91. The molecule has 0 heterocycles. The quantitative estimate of drug-likeness (QED) is 0.513. The Morgan fingerprint density at radius 1 is 1.32 bits per heavy atom. The summed E-state index contributed by atoms with van der Waals surface area (Å²) in [7, 11) is -3.78. The summed E-state index contributed by atoms with van der Waals surface area (Å²) in [5, 5.41) is 15.4. The minimum absolute atomic E-state index is 0.0366. The van der Waals surface area contributed by atoms with Crippen LogP contribution in [0.5, 0.6) is 0 Å². The van der Waals surface area contributed by atoms with Gasteiger partial charge in [-0.3, -0.25) is 4.79 Å². The SMILES string of the molecule is CCC(C)(C)C(=O)OCCCS(=O)(=O)C(C#N)C#N. The number of carbonyl (C=O) groups is 1. The highest BCUT2D eigenvalue weighted by molar-refractivity contribution is 7.92. The Morgan fingerprint density at radius 2 is 1.84 bits per heavy atom. The molecule has 0 atom stereocenters. The molecular weight excluding hydrogens is 268 g/mol. The lowest BCUT2D eigenvalue weighted by Crippen LogP contribution is -2.27. The molecule has 0 rings (SSSR count). The number of carbonyl (C=O) groups excluding carboxylic acids is 1. The number of esters is 1. The summed E-state index contributed by atoms with van der Waals surface area (Å²) in [5.41, 5.74) is -0.597. The number of hydrogen-bond donors (Lipinski definition) is 0. The van der Waals surface area contributed by atoms with Gasteiger partial charge in [0.1, 0.15) is 0 Å². The van der Waals surface area contributed by atoms with Crippen molar-refractivity contribution in [2.45, 2.75) is 38.9 Å². The van der Waals surface area contributed by atoms with Gasteiger partial charge in [0.2, 0.25) is 5.25 Å². The lowest BCUT2D eigenvalue weighted by Gasteiger charge is -2.20. The third-order valence-electron chi connectivity index (χ3n) is 2.84. The predicted molar refractivity (Wildman–Crippen MR) is 68.4 cm³/mol. The fourth-order valence-corrected chi connectivity index (χ4v) is 2.15. The van der Waals surface area contributed by atoms with Gasteiger partial charge in [-0.25, -0.2) is 8.42 Å². The molecule has 19 heavy (non-hydrogen) atoms. The molecule has 0 N–H and O–H groups in total. The number of sulfone groups is 1. The Kier molecular flexibility index (Phi) is 6.51. The van der Waals surface area contributed by atoms with Gasteiger partial charge in [0.05, 0.1) is 29.9 Å². The molecule has 0 spiro atoms. The second-order valence-corrected chi connectivity index (χ2v) is 6.94. The van der Waals surface area contributed by atoms with Crippen molar-refractivity contribution in [3.63, 3.8) is 0 Å². The molecule has 0 saturated heterocycles. The van der Waals surface area contributed by atoms with Crippen LogP contribution in [0.3, 0.4) is 0 Å². The third-order valence-corrected chi connectivity index (χ3v) is 4.62. The molecular formula is C12H18N2O4S. The molecule has 7 heteroatoms. The largest absolute Gasteiger partial charge is 0.465 e. The zero-order chi connectivity index (χ0) is 15.1. The van der Waals surface area contributed by atoms with Crippen LogP contribution in [0.25, 0.3) is 0 Å². The van der Waals surface area contributed by atoms with Gasteiger partial charge in [0.15, 0.2) is 9.84 Å². The molecule has 0 saturated carbocycles. The van der Waals surface area contributed by atoms with Crippen molar-refractivity contribution in [1.29, 1.82) is 10.5 Å². The number of nitrogens with zero attached hydrogens (tertiary/aromatic N) is 2. The average Bonchev–Trinajstić information content (AvgIpc) is 2.35. The maximum atomic E-state index is 11.6. The first-order chi connectivity index (χ1) is 8.71. The molecule has 0 bridgehead atoms. The summed E-state index contributed by atoms with van der Waals surface area (Å²) >= 11 is 0. The topological polar surface area (TPSA) is 108 Å². The summed E-state index contributed by atoms with van der Waals surface area (Å²) in [6, 6.07) is 2.84. The molecule has 0 radical (unpaired) electrons. The second-order valence-electron chi connectivity index (χ2n) is 4.73. The lowest BCUT2D eigenvalue weighted by molar-refractivity contribution is -0.154. The Hall–Kier alpha value is -1.60. The molecule has 0 aromatic carbocycles. The summed E-state index contributed by atoms with van der Waals surface area (Å²) in [5.74, 6) is -0.733. The maximum Gasteiger partial charge on any atom is 0.311 e. The third kappa shape index (κ3) is 5.27. The number of hydrogen-bond acceptors (Lipinski definition) is 6. The van der Waals surface area contributed by atoms with Gasteiger partial charge in [-0.05, 0) is 26.7 Å². The van der Waals surface area contributed by atoms with Crippen LogP contribution in [0.15, 0.2) is 0 Å². The molecule has 0 unspecified atom stereocenters. The van der Waals surface area contributed by atoms with E-state index in [0.717, 1.165) is 0 Å². The van der Waals surface area contributed by atoms with Crippen molar-refractivity contribution in [3.05, 3.63) is 0 Å². The van der Waals surface area contributed by atoms with Gasteiger partial charge in [-0.15, -0.1) is 0 Å². The van der Waals surface area contributed by atoms with Gasteiger partial charge in [0, 0.05) is 0 Å². The van der Waals surface area contributed by atoms with Gasteiger partial charge >= 0.3 is 5.97 Å². The average molecular weight is 286 g/mol. The van der Waals surface area contributed by atoms with Crippen molar-refractivity contribution in [3.8, 4) is 12.1 Å². The standard InChI is InChI=1S/C12H18N2O4S/c1-4-12(2,3)11(15)18-6-5-7-19(16,17)10(8-13)9-14/h10H,4-7H2,1-3H3. The first kappa shape index (κ1) is 17.4. The van der Waals surface area contributed by atoms with Gasteiger partial charge in [-0.2, -0.15) is 10.5 Å². The highest BCUT2D eigenvalue weighted by atomic mass is 32.2. The van der Waals surface area contributed by atoms with Gasteiger partial charge < -0.3 is 4.74 Å². The fourth-order valence-electron chi connectivity index (χ4n) is 1.07. The Labute approximate surface area is 113 Å². The van der Waals surface area contributed by atoms with Crippen molar-refractivity contribution < 1.29 is 17.9 Å². The number of rotatable bonds is 7. The minimum atomic E-state index is -3.78. The zero-order valence-electron chi connectivity index (χ0n) is 11.3. The Morgan fingerprint density at radius 3 is 2.26 bits per heavy atom. The van der Waals surface area contributed by atoms with E-state index in [9.17, 15) is 13.2 Å². The monoisotopic (exact) mass is 286 g/mol. The fraction of sp³-hybridized carbons (Fsp3) is 0.750. The highest BCUT2D eigenvalue weighted by Gasteiger charge is 2.28. The van der Waals surface area contributed by atoms with Crippen LogP contribution >= 0.6 is 0 Å². The molecule has 0 aliphatic carbocycles. The van der Waals surface area contributed by atoms with Crippen LogP contribution in [0.1, 0.15) is 33.6 Å². The summed E-state index contributed by atoms with van der Waals surface area (Å²) < 4.78 is 28.0. The van der Waals surface area contributed by atoms with E-state index in [4.69, 9.17) is 15.3 Å². The van der Waals surface area contributed by atoms with Crippen molar-refractivity contribution >= 4 is 15.8 Å². The van der Waals surface area contributed by atoms with E-state index in [2.05, 4.69) is 0 Å². The first-order valence-corrected chi connectivity index (χ1v) is 7.61. The number of nitriles is 2. The van der Waals surface area contributed by atoms with E-state index in [-0.39, 0.29) is 24.7 Å². The Bertz CT molecular complexity index is 483. The van der Waals surface area contributed by atoms with E-state index in [1.807, 2.05) is 6.92 Å². The normalized spacial score (nSPS) is 11.7. The molecule has 0 aliphatic heterocycles. The Balaban J connectivity index is 4.25. The van der Waals surface area contributed by atoms with Gasteiger partial charge in [0.25, 0.3) is 0 Å². The van der Waals surface area contributed by atoms with E-state index in [1.165, 1.54) is 12.1 Å². The van der Waals surface area contributed by atoms with Crippen LogP contribution in [-0.2, 0) is 19.4 Å². The van der Waals surface area contributed by atoms with Crippen LogP contribution in [0.4, 0.5) is 0 Å². The molecule has 6 nitrogen and oxygen atoms in total. The van der Waals surface area contributed by atoms with Crippen molar-refractivity contribution in [2.24, 2.45) is 5.41 Å². The predicted octanol–water partition coefficient (Wildman–Crippen LogP) is 1.19. The van der Waals surface area contributed by atoms with Crippen LogP contribution in [0.2, 0.25) is 0 Å². The van der Waals surface area contributed by atoms with Crippen LogP contribution < -0.4 is 0 Å². The van der Waals surface area contributed by atoms with E-state index >= 15 is 0 Å². The van der Waals surface area contributed by atoms with Gasteiger partial charge in [-0.1, -0.05) is 6.92 Å². The summed E-state index contributed by atoms with van der Waals surface area (Å²) in [6.07, 6.45) is 0.697. The van der Waals surface area contributed by atoms with E-state index in [0.29, 0.717) is 6.42 Å². The molecule has 0 aromatic rings. The van der Waals surface area contributed by atoms with Crippen LogP contribution in [-0.4, -0.2) is 32.0 Å². The molecule has 0 fully saturated rings. The van der Waals surface area contributed by atoms with Crippen molar-refractivity contribution in [1.82, 2.24) is 0 Å². The smallest absolute Gasteiger partial charge is 0.311 e. The second kappa shape index (κ2) is 7.10. The molecule has 0 aliphatic rings. The molecule has 106 valence electrons. The van der Waals surface area contributed by atoms with E-state index < -0.39 is 20.5 Å². The number of ether oxygens (including phenoxy) is 1. The molecule has 0 aromatic heterocycles. The maximum absolute atomic E-state index is 11.6.